The Hall–Kier alpha value is -1.06. The number of fused-ring (bicyclic) bond motifs is 1. The summed E-state index contributed by atoms with van der Waals surface area (Å²) in [6.07, 6.45) is 5.12. The van der Waals surface area contributed by atoms with E-state index in [4.69, 9.17) is 5.73 Å². The first-order valence-electron chi connectivity index (χ1n) is 7.65. The van der Waals surface area contributed by atoms with Crippen molar-refractivity contribution in [2.75, 3.05) is 37.6 Å². The van der Waals surface area contributed by atoms with Gasteiger partial charge in [-0.15, -0.1) is 0 Å². The molecule has 1 aromatic rings. The summed E-state index contributed by atoms with van der Waals surface area (Å²) in [5.74, 6) is 0. The minimum Gasteiger partial charge on any atom is -0.366 e. The number of benzene rings is 1. The van der Waals surface area contributed by atoms with Crippen LogP contribution in [0.1, 0.15) is 24.8 Å². The molecule has 1 fully saturated rings. The van der Waals surface area contributed by atoms with Crippen LogP contribution in [0, 0.1) is 0 Å². The van der Waals surface area contributed by atoms with Crippen LogP contribution in [0.25, 0.3) is 0 Å². The Kier molecular flexibility index (Phi) is 4.04. The van der Waals surface area contributed by atoms with Crippen molar-refractivity contribution < 1.29 is 0 Å². The van der Waals surface area contributed by atoms with Gasteiger partial charge in [0.1, 0.15) is 0 Å². The summed E-state index contributed by atoms with van der Waals surface area (Å²) in [5, 5.41) is 0. The molecular formula is C16H25N3. The molecule has 0 aromatic heterocycles. The lowest BCUT2D eigenvalue weighted by Gasteiger charge is -2.39. The van der Waals surface area contributed by atoms with Gasteiger partial charge in [0.05, 0.1) is 0 Å². The minimum atomic E-state index is 0.525. The van der Waals surface area contributed by atoms with E-state index in [9.17, 15) is 0 Å². The van der Waals surface area contributed by atoms with E-state index in [1.807, 2.05) is 0 Å². The van der Waals surface area contributed by atoms with Crippen molar-refractivity contribution in [3.63, 3.8) is 0 Å². The van der Waals surface area contributed by atoms with E-state index in [2.05, 4.69) is 34.1 Å². The molecule has 3 rings (SSSR count). The molecule has 2 aliphatic rings. The van der Waals surface area contributed by atoms with Gasteiger partial charge in [-0.05, 0) is 50.4 Å². The van der Waals surface area contributed by atoms with Crippen LogP contribution in [0.4, 0.5) is 5.69 Å². The largest absolute Gasteiger partial charge is 0.366 e. The molecule has 3 heteroatoms. The second-order valence-corrected chi connectivity index (χ2v) is 5.80. The average Bonchev–Trinajstić information content (AvgIpc) is 2.97. The molecule has 2 N–H and O–H groups in total. The highest BCUT2D eigenvalue weighted by Crippen LogP contribution is 2.30. The van der Waals surface area contributed by atoms with Gasteiger partial charge >= 0.3 is 0 Å². The predicted octanol–water partition coefficient (Wildman–Crippen LogP) is 1.86. The smallest absolute Gasteiger partial charge is 0.0416 e. The summed E-state index contributed by atoms with van der Waals surface area (Å²) in [7, 11) is 0. The van der Waals surface area contributed by atoms with Gasteiger partial charge in [-0.1, -0.05) is 18.2 Å². The number of nitrogens with zero attached hydrogens (tertiary/aromatic N) is 2. The van der Waals surface area contributed by atoms with E-state index in [0.29, 0.717) is 6.04 Å². The summed E-state index contributed by atoms with van der Waals surface area (Å²) < 4.78 is 0. The molecule has 0 aliphatic carbocycles. The zero-order valence-electron chi connectivity index (χ0n) is 11.7. The number of likely N-dealkylation sites (tertiary alicyclic amines) is 1. The van der Waals surface area contributed by atoms with E-state index in [1.54, 1.807) is 0 Å². The Bertz CT molecular complexity index is 412. The topological polar surface area (TPSA) is 32.5 Å². The maximum atomic E-state index is 5.98. The predicted molar refractivity (Wildman–Crippen MR) is 80.6 cm³/mol. The molecule has 2 aliphatic heterocycles. The Balaban J connectivity index is 1.72. The van der Waals surface area contributed by atoms with E-state index < -0.39 is 0 Å². The van der Waals surface area contributed by atoms with E-state index in [0.717, 1.165) is 13.1 Å². The highest BCUT2D eigenvalue weighted by atomic mass is 15.2. The normalized spacial score (nSPS) is 23.6. The van der Waals surface area contributed by atoms with E-state index in [-0.39, 0.29) is 0 Å². The van der Waals surface area contributed by atoms with Crippen molar-refractivity contribution in [2.45, 2.75) is 31.7 Å². The van der Waals surface area contributed by atoms with Crippen LogP contribution in [0.5, 0.6) is 0 Å². The highest BCUT2D eigenvalue weighted by Gasteiger charge is 2.25. The van der Waals surface area contributed by atoms with Crippen LogP contribution in [-0.4, -0.2) is 43.7 Å². The second kappa shape index (κ2) is 5.93. The zero-order valence-corrected chi connectivity index (χ0v) is 11.7. The molecule has 1 saturated heterocycles. The molecule has 2 heterocycles. The number of aryl methyl sites for hydroxylation is 1. The minimum absolute atomic E-state index is 0.525. The van der Waals surface area contributed by atoms with Gasteiger partial charge in [0, 0.05) is 31.4 Å². The first-order chi connectivity index (χ1) is 9.38. The number of nitrogens with two attached hydrogens (primary N) is 1. The highest BCUT2D eigenvalue weighted by molar-refractivity contribution is 5.56. The molecule has 1 unspecified atom stereocenters. The average molecular weight is 259 g/mol. The third-order valence-electron chi connectivity index (χ3n) is 4.62. The summed E-state index contributed by atoms with van der Waals surface area (Å²) >= 11 is 0. The monoisotopic (exact) mass is 259 g/mol. The molecule has 0 bridgehead atoms. The van der Waals surface area contributed by atoms with Crippen LogP contribution in [0.15, 0.2) is 24.3 Å². The summed E-state index contributed by atoms with van der Waals surface area (Å²) in [5.41, 5.74) is 8.89. The van der Waals surface area contributed by atoms with Crippen LogP contribution in [-0.2, 0) is 6.42 Å². The van der Waals surface area contributed by atoms with Crippen molar-refractivity contribution >= 4 is 5.69 Å². The molecule has 0 saturated carbocycles. The van der Waals surface area contributed by atoms with Crippen molar-refractivity contribution in [1.29, 1.82) is 0 Å². The Morgan fingerprint density at radius 3 is 2.68 bits per heavy atom. The lowest BCUT2D eigenvalue weighted by atomic mass is 9.95. The first-order valence-corrected chi connectivity index (χ1v) is 7.65. The lowest BCUT2D eigenvalue weighted by Crippen LogP contribution is -2.47. The molecule has 104 valence electrons. The van der Waals surface area contributed by atoms with E-state index >= 15 is 0 Å². The Morgan fingerprint density at radius 2 is 1.89 bits per heavy atom. The molecule has 0 amide bonds. The van der Waals surface area contributed by atoms with Crippen molar-refractivity contribution in [2.24, 2.45) is 5.73 Å². The SMILES string of the molecule is NCC1CCc2ccccc2N1CCN1CCCC1. The maximum Gasteiger partial charge on any atom is 0.0416 e. The van der Waals surface area contributed by atoms with Crippen LogP contribution in [0.3, 0.4) is 0 Å². The quantitative estimate of drug-likeness (QED) is 0.896. The Labute approximate surface area is 116 Å². The molecule has 3 nitrogen and oxygen atoms in total. The van der Waals surface area contributed by atoms with Gasteiger partial charge in [0.15, 0.2) is 0 Å². The molecule has 19 heavy (non-hydrogen) atoms. The maximum absolute atomic E-state index is 5.98. The fraction of sp³-hybridized carbons (Fsp3) is 0.625. The van der Waals surface area contributed by atoms with Crippen molar-refractivity contribution in [1.82, 2.24) is 4.90 Å². The van der Waals surface area contributed by atoms with Gasteiger partial charge in [0.25, 0.3) is 0 Å². The molecular weight excluding hydrogens is 234 g/mol. The van der Waals surface area contributed by atoms with Gasteiger partial charge < -0.3 is 15.5 Å². The number of anilines is 1. The summed E-state index contributed by atoms with van der Waals surface area (Å²) in [6.45, 7) is 5.64. The molecule has 1 atom stereocenters. The third-order valence-corrected chi connectivity index (χ3v) is 4.62. The van der Waals surface area contributed by atoms with Gasteiger partial charge in [-0.25, -0.2) is 0 Å². The molecule has 0 radical (unpaired) electrons. The van der Waals surface area contributed by atoms with Gasteiger partial charge in [0.2, 0.25) is 0 Å². The first kappa shape index (κ1) is 12.9. The fourth-order valence-electron chi connectivity index (χ4n) is 3.48. The lowest BCUT2D eigenvalue weighted by molar-refractivity contribution is 0.337. The van der Waals surface area contributed by atoms with Crippen molar-refractivity contribution in [3.8, 4) is 0 Å². The number of hydrogen-bond acceptors (Lipinski definition) is 3. The van der Waals surface area contributed by atoms with Crippen LogP contribution >= 0.6 is 0 Å². The standard InChI is InChI=1S/C16H25N3/c17-13-15-8-7-14-5-1-2-6-16(14)19(15)12-11-18-9-3-4-10-18/h1-2,5-6,15H,3-4,7-13,17H2. The van der Waals surface area contributed by atoms with Gasteiger partial charge in [-0.2, -0.15) is 0 Å². The zero-order chi connectivity index (χ0) is 13.1. The number of hydrogen-bond donors (Lipinski definition) is 1. The Morgan fingerprint density at radius 1 is 1.11 bits per heavy atom. The number of rotatable bonds is 4. The fourth-order valence-corrected chi connectivity index (χ4v) is 3.48. The molecule has 0 spiro atoms. The second-order valence-electron chi connectivity index (χ2n) is 5.80. The third kappa shape index (κ3) is 2.77. The van der Waals surface area contributed by atoms with E-state index in [1.165, 1.54) is 56.6 Å². The summed E-state index contributed by atoms with van der Waals surface area (Å²) in [6, 6.07) is 9.37. The summed E-state index contributed by atoms with van der Waals surface area (Å²) in [4.78, 5) is 5.14. The number of para-hydroxylation sites is 1. The van der Waals surface area contributed by atoms with Crippen LogP contribution < -0.4 is 10.6 Å². The van der Waals surface area contributed by atoms with Crippen molar-refractivity contribution in [3.05, 3.63) is 29.8 Å². The van der Waals surface area contributed by atoms with Gasteiger partial charge in [-0.3, -0.25) is 0 Å². The van der Waals surface area contributed by atoms with Crippen LogP contribution in [0.2, 0.25) is 0 Å². The molecule has 1 aromatic carbocycles.